The van der Waals surface area contributed by atoms with E-state index in [-0.39, 0.29) is 18.3 Å². The number of cyclic esters (lactones) is 1. The SMILES string of the molecule is CC1(C)OC(=O)C[C@H]1C(=O)N1CCc2nc([C@H]3CCNC3)ncc2C1. The van der Waals surface area contributed by atoms with E-state index in [1.54, 1.807) is 0 Å². The zero-order valence-electron chi connectivity index (χ0n) is 14.7. The van der Waals surface area contributed by atoms with Crippen molar-refractivity contribution in [2.24, 2.45) is 5.92 Å². The molecule has 2 fully saturated rings. The van der Waals surface area contributed by atoms with Crippen LogP contribution in [0.4, 0.5) is 0 Å². The lowest BCUT2D eigenvalue weighted by Gasteiger charge is -2.33. The van der Waals surface area contributed by atoms with Crippen LogP contribution in [0.15, 0.2) is 6.20 Å². The average molecular weight is 344 g/mol. The number of aromatic nitrogens is 2. The highest BCUT2D eigenvalue weighted by molar-refractivity contribution is 5.87. The molecule has 0 unspecified atom stereocenters. The summed E-state index contributed by atoms with van der Waals surface area (Å²) in [6.07, 6.45) is 3.85. The molecule has 0 radical (unpaired) electrons. The summed E-state index contributed by atoms with van der Waals surface area (Å²) in [5, 5.41) is 3.34. The fourth-order valence-corrected chi connectivity index (χ4v) is 4.02. The van der Waals surface area contributed by atoms with Gasteiger partial charge in [0.2, 0.25) is 5.91 Å². The number of amides is 1. The van der Waals surface area contributed by atoms with Gasteiger partial charge < -0.3 is 15.0 Å². The van der Waals surface area contributed by atoms with Crippen LogP contribution in [-0.4, -0.2) is 52.0 Å². The van der Waals surface area contributed by atoms with Crippen LogP contribution in [-0.2, 0) is 27.3 Å². The van der Waals surface area contributed by atoms with Crippen molar-refractivity contribution in [3.05, 3.63) is 23.3 Å². The van der Waals surface area contributed by atoms with Crippen LogP contribution >= 0.6 is 0 Å². The maximum atomic E-state index is 12.9. The predicted molar refractivity (Wildman–Crippen MR) is 89.7 cm³/mol. The van der Waals surface area contributed by atoms with Crippen molar-refractivity contribution in [2.75, 3.05) is 19.6 Å². The standard InChI is InChI=1S/C18H24N4O3/c1-18(2)13(7-15(23)25-18)17(24)22-6-4-14-12(10-22)9-20-16(21-14)11-3-5-19-8-11/h9,11,13,19H,3-8,10H2,1-2H3/t11-,13-/m0/s1. The van der Waals surface area contributed by atoms with E-state index < -0.39 is 11.5 Å². The van der Waals surface area contributed by atoms with E-state index >= 15 is 0 Å². The van der Waals surface area contributed by atoms with Crippen molar-refractivity contribution in [1.82, 2.24) is 20.2 Å². The first-order chi connectivity index (χ1) is 11.9. The molecule has 134 valence electrons. The quantitative estimate of drug-likeness (QED) is 0.798. The second-order valence-electron chi connectivity index (χ2n) is 7.73. The molecule has 2 atom stereocenters. The molecule has 1 aromatic heterocycles. The maximum absolute atomic E-state index is 12.9. The third-order valence-electron chi connectivity index (χ3n) is 5.57. The zero-order chi connectivity index (χ0) is 17.6. The van der Waals surface area contributed by atoms with Crippen LogP contribution in [0.1, 0.15) is 49.7 Å². The highest BCUT2D eigenvalue weighted by Crippen LogP contribution is 2.35. The fourth-order valence-electron chi connectivity index (χ4n) is 4.02. The maximum Gasteiger partial charge on any atom is 0.307 e. The van der Waals surface area contributed by atoms with Crippen molar-refractivity contribution in [2.45, 2.75) is 51.2 Å². The fraction of sp³-hybridized carbons (Fsp3) is 0.667. The molecule has 1 amide bonds. The number of carbonyl (C=O) groups is 2. The number of rotatable bonds is 2. The molecule has 0 saturated carbocycles. The molecular formula is C18H24N4O3. The summed E-state index contributed by atoms with van der Waals surface area (Å²) in [6.45, 7) is 6.72. The molecular weight excluding hydrogens is 320 g/mol. The molecule has 7 nitrogen and oxygen atoms in total. The summed E-state index contributed by atoms with van der Waals surface area (Å²) >= 11 is 0. The summed E-state index contributed by atoms with van der Waals surface area (Å²) in [4.78, 5) is 35.6. The van der Waals surface area contributed by atoms with Gasteiger partial charge in [-0.05, 0) is 26.8 Å². The van der Waals surface area contributed by atoms with E-state index in [9.17, 15) is 9.59 Å². The first-order valence-corrected chi connectivity index (χ1v) is 9.00. The molecule has 2 saturated heterocycles. The lowest BCUT2D eigenvalue weighted by atomic mass is 9.89. The Balaban J connectivity index is 1.49. The lowest BCUT2D eigenvalue weighted by Crippen LogP contribution is -2.45. The van der Waals surface area contributed by atoms with Gasteiger partial charge in [0.25, 0.3) is 0 Å². The van der Waals surface area contributed by atoms with Crippen LogP contribution in [0.25, 0.3) is 0 Å². The third-order valence-corrected chi connectivity index (χ3v) is 5.57. The van der Waals surface area contributed by atoms with Gasteiger partial charge in [-0.2, -0.15) is 0 Å². The van der Waals surface area contributed by atoms with Gasteiger partial charge in [-0.3, -0.25) is 9.59 Å². The Bertz CT molecular complexity index is 712. The monoisotopic (exact) mass is 344 g/mol. The van der Waals surface area contributed by atoms with Gasteiger partial charge in [-0.25, -0.2) is 9.97 Å². The van der Waals surface area contributed by atoms with Crippen LogP contribution in [0.3, 0.4) is 0 Å². The number of esters is 1. The number of nitrogens with zero attached hydrogens (tertiary/aromatic N) is 3. The number of hydrogen-bond acceptors (Lipinski definition) is 6. The molecule has 7 heteroatoms. The normalized spacial score (nSPS) is 27.9. The first kappa shape index (κ1) is 16.4. The Labute approximate surface area is 147 Å². The highest BCUT2D eigenvalue weighted by atomic mass is 16.6. The van der Waals surface area contributed by atoms with Crippen molar-refractivity contribution < 1.29 is 14.3 Å². The van der Waals surface area contributed by atoms with Gasteiger partial charge in [-0.1, -0.05) is 0 Å². The second kappa shape index (κ2) is 6.05. The molecule has 0 aliphatic carbocycles. The van der Waals surface area contributed by atoms with Gasteiger partial charge in [0, 0.05) is 43.7 Å². The van der Waals surface area contributed by atoms with Gasteiger partial charge in [0.1, 0.15) is 11.4 Å². The molecule has 0 aromatic carbocycles. The van der Waals surface area contributed by atoms with Crippen LogP contribution < -0.4 is 5.32 Å². The Morgan fingerprint density at radius 1 is 1.44 bits per heavy atom. The van der Waals surface area contributed by atoms with E-state index in [0.717, 1.165) is 43.0 Å². The van der Waals surface area contributed by atoms with Crippen LogP contribution in [0.5, 0.6) is 0 Å². The number of hydrogen-bond donors (Lipinski definition) is 1. The van der Waals surface area contributed by atoms with Crippen molar-refractivity contribution in [1.29, 1.82) is 0 Å². The first-order valence-electron chi connectivity index (χ1n) is 9.00. The molecule has 3 aliphatic heterocycles. The van der Waals surface area contributed by atoms with E-state index in [1.807, 2.05) is 24.9 Å². The number of carbonyl (C=O) groups excluding carboxylic acids is 2. The summed E-state index contributed by atoms with van der Waals surface area (Å²) < 4.78 is 5.30. The minimum atomic E-state index is -0.732. The zero-order valence-corrected chi connectivity index (χ0v) is 14.7. The van der Waals surface area contributed by atoms with E-state index in [0.29, 0.717) is 19.0 Å². The topological polar surface area (TPSA) is 84.4 Å². The summed E-state index contributed by atoms with van der Waals surface area (Å²) in [5.41, 5.74) is 1.33. The summed E-state index contributed by atoms with van der Waals surface area (Å²) in [7, 11) is 0. The Morgan fingerprint density at radius 2 is 2.28 bits per heavy atom. The molecule has 25 heavy (non-hydrogen) atoms. The number of nitrogens with one attached hydrogen (secondary N) is 1. The predicted octanol–water partition coefficient (Wildman–Crippen LogP) is 0.780. The van der Waals surface area contributed by atoms with Crippen LogP contribution in [0, 0.1) is 5.92 Å². The molecule has 4 rings (SSSR count). The largest absolute Gasteiger partial charge is 0.459 e. The smallest absolute Gasteiger partial charge is 0.307 e. The summed E-state index contributed by atoms with van der Waals surface area (Å²) in [5.74, 6) is 0.600. The molecule has 1 N–H and O–H groups in total. The van der Waals surface area contributed by atoms with E-state index in [2.05, 4.69) is 10.3 Å². The van der Waals surface area contributed by atoms with Gasteiger partial charge in [0.05, 0.1) is 18.0 Å². The van der Waals surface area contributed by atoms with E-state index in [1.165, 1.54) is 0 Å². The minimum absolute atomic E-state index is 0.00873. The van der Waals surface area contributed by atoms with E-state index in [4.69, 9.17) is 9.72 Å². The number of ether oxygens (including phenoxy) is 1. The van der Waals surface area contributed by atoms with Gasteiger partial charge >= 0.3 is 5.97 Å². The summed E-state index contributed by atoms with van der Waals surface area (Å²) in [6, 6.07) is 0. The highest BCUT2D eigenvalue weighted by Gasteiger charge is 2.47. The lowest BCUT2D eigenvalue weighted by molar-refractivity contribution is -0.149. The molecule has 3 aliphatic rings. The van der Waals surface area contributed by atoms with Crippen molar-refractivity contribution in [3.8, 4) is 0 Å². The average Bonchev–Trinajstić information content (AvgIpc) is 3.20. The Kier molecular flexibility index (Phi) is 3.98. The molecule has 0 bridgehead atoms. The second-order valence-corrected chi connectivity index (χ2v) is 7.73. The minimum Gasteiger partial charge on any atom is -0.459 e. The molecule has 4 heterocycles. The van der Waals surface area contributed by atoms with Gasteiger partial charge in [-0.15, -0.1) is 0 Å². The number of fused-ring (bicyclic) bond motifs is 1. The molecule has 0 spiro atoms. The molecule has 1 aromatic rings. The van der Waals surface area contributed by atoms with Crippen LogP contribution in [0.2, 0.25) is 0 Å². The van der Waals surface area contributed by atoms with Crippen molar-refractivity contribution >= 4 is 11.9 Å². The Morgan fingerprint density at radius 3 is 2.96 bits per heavy atom. The Hall–Kier alpha value is -2.02. The third kappa shape index (κ3) is 3.01. The van der Waals surface area contributed by atoms with Gasteiger partial charge in [0.15, 0.2) is 0 Å². The van der Waals surface area contributed by atoms with Crippen molar-refractivity contribution in [3.63, 3.8) is 0 Å².